The monoisotopic (exact) mass is 376 g/mol. The summed E-state index contributed by atoms with van der Waals surface area (Å²) in [6, 6.07) is 5.77. The van der Waals surface area contributed by atoms with Crippen LogP contribution in [0.4, 0.5) is 10.1 Å². The molecule has 2 aliphatic rings. The van der Waals surface area contributed by atoms with Gasteiger partial charge in [-0.3, -0.25) is 14.5 Å². The largest absolute Gasteiger partial charge is 0.340 e. The van der Waals surface area contributed by atoms with Crippen molar-refractivity contribution < 1.29 is 14.0 Å². The number of benzene rings is 1. The second-order valence-corrected chi connectivity index (χ2v) is 7.82. The number of likely N-dealkylation sites (tertiary alicyclic amines) is 1. The van der Waals surface area contributed by atoms with Gasteiger partial charge in [0.15, 0.2) is 0 Å². The van der Waals surface area contributed by atoms with E-state index in [-0.39, 0.29) is 30.2 Å². The Hall–Kier alpha value is -1.99. The van der Waals surface area contributed by atoms with Crippen molar-refractivity contribution in [2.45, 2.75) is 31.2 Å². The number of nitrogens with one attached hydrogen (secondary N) is 1. The Morgan fingerprint density at radius 3 is 2.56 bits per heavy atom. The fraction of sp³-hybridized carbons (Fsp3) is 0.600. The van der Waals surface area contributed by atoms with Crippen LogP contribution in [0.15, 0.2) is 24.3 Å². The third-order valence-corrected chi connectivity index (χ3v) is 5.95. The number of halogens is 1. The fourth-order valence-corrected chi connectivity index (χ4v) is 4.02. The second kappa shape index (κ2) is 8.35. The van der Waals surface area contributed by atoms with Gasteiger partial charge in [0.2, 0.25) is 11.8 Å². The molecule has 7 heteroatoms. The van der Waals surface area contributed by atoms with Crippen LogP contribution in [-0.2, 0) is 9.59 Å². The first kappa shape index (κ1) is 19.8. The quantitative estimate of drug-likeness (QED) is 0.870. The van der Waals surface area contributed by atoms with E-state index in [1.807, 2.05) is 4.90 Å². The van der Waals surface area contributed by atoms with Crippen LogP contribution < -0.4 is 5.32 Å². The lowest BCUT2D eigenvalue weighted by Gasteiger charge is -2.52. The van der Waals surface area contributed by atoms with E-state index in [2.05, 4.69) is 29.2 Å². The number of anilines is 1. The van der Waals surface area contributed by atoms with Gasteiger partial charge in [0.05, 0.1) is 0 Å². The Kier molecular flexibility index (Phi) is 6.11. The standard InChI is InChI=1S/C20H29FN4O2/c1-23-10-8-20(9-11-23)15-25(13-12-24(20)2)19(27)7-6-18(26)22-17-5-3-4-16(21)14-17/h3-5,14H,6-13,15H2,1-2H3,(H,22,26). The molecule has 2 heterocycles. The first-order valence-corrected chi connectivity index (χ1v) is 9.61. The molecule has 3 rings (SSSR count). The number of likely N-dealkylation sites (N-methyl/N-ethyl adjacent to an activating group) is 1. The summed E-state index contributed by atoms with van der Waals surface area (Å²) in [5.74, 6) is -0.641. The topological polar surface area (TPSA) is 55.9 Å². The molecular formula is C20H29FN4O2. The summed E-state index contributed by atoms with van der Waals surface area (Å²) < 4.78 is 13.2. The van der Waals surface area contributed by atoms with Gasteiger partial charge in [0.1, 0.15) is 5.82 Å². The van der Waals surface area contributed by atoms with E-state index < -0.39 is 5.82 Å². The fourth-order valence-electron chi connectivity index (χ4n) is 4.02. The summed E-state index contributed by atoms with van der Waals surface area (Å²) >= 11 is 0. The molecule has 2 fully saturated rings. The predicted octanol–water partition coefficient (Wildman–Crippen LogP) is 1.78. The second-order valence-electron chi connectivity index (χ2n) is 7.82. The highest BCUT2D eigenvalue weighted by Gasteiger charge is 2.42. The SMILES string of the molecule is CN1CCC2(CC1)CN(C(=O)CCC(=O)Nc1cccc(F)c1)CCN2C. The molecule has 2 saturated heterocycles. The van der Waals surface area contributed by atoms with Gasteiger partial charge in [-0.15, -0.1) is 0 Å². The summed E-state index contributed by atoms with van der Waals surface area (Å²) in [7, 11) is 4.29. The summed E-state index contributed by atoms with van der Waals surface area (Å²) in [5.41, 5.74) is 0.474. The summed E-state index contributed by atoms with van der Waals surface area (Å²) in [5, 5.41) is 2.65. The average Bonchev–Trinajstić information content (AvgIpc) is 2.64. The van der Waals surface area contributed by atoms with Crippen molar-refractivity contribution in [3.63, 3.8) is 0 Å². The van der Waals surface area contributed by atoms with Crippen molar-refractivity contribution in [3.8, 4) is 0 Å². The lowest BCUT2D eigenvalue weighted by molar-refractivity contribution is -0.139. The van der Waals surface area contributed by atoms with Gasteiger partial charge in [-0.25, -0.2) is 4.39 Å². The number of amides is 2. The highest BCUT2D eigenvalue weighted by molar-refractivity contribution is 5.93. The Labute approximate surface area is 160 Å². The van der Waals surface area contributed by atoms with Gasteiger partial charge in [0.25, 0.3) is 0 Å². The Morgan fingerprint density at radius 2 is 1.85 bits per heavy atom. The molecule has 0 unspecified atom stereocenters. The number of rotatable bonds is 4. The lowest BCUT2D eigenvalue weighted by Crippen LogP contribution is -2.65. The molecule has 0 atom stereocenters. The van der Waals surface area contributed by atoms with E-state index in [0.29, 0.717) is 12.2 Å². The van der Waals surface area contributed by atoms with Gasteiger partial charge >= 0.3 is 0 Å². The number of piperidine rings is 1. The van der Waals surface area contributed by atoms with Crippen molar-refractivity contribution in [2.75, 3.05) is 52.1 Å². The Bertz CT molecular complexity index is 688. The van der Waals surface area contributed by atoms with E-state index in [9.17, 15) is 14.0 Å². The third-order valence-electron chi connectivity index (χ3n) is 5.95. The van der Waals surface area contributed by atoms with Gasteiger partial charge < -0.3 is 15.1 Å². The minimum atomic E-state index is -0.398. The van der Waals surface area contributed by atoms with Crippen molar-refractivity contribution in [2.24, 2.45) is 0 Å². The number of nitrogens with zero attached hydrogens (tertiary/aromatic N) is 3. The maximum absolute atomic E-state index is 13.2. The van der Waals surface area contributed by atoms with Crippen molar-refractivity contribution in [1.82, 2.24) is 14.7 Å². The van der Waals surface area contributed by atoms with Crippen LogP contribution in [0.2, 0.25) is 0 Å². The molecule has 0 bridgehead atoms. The molecule has 1 aromatic rings. The summed E-state index contributed by atoms with van der Waals surface area (Å²) in [6.07, 6.45) is 2.41. The van der Waals surface area contributed by atoms with Crippen LogP contribution in [-0.4, -0.2) is 78.9 Å². The van der Waals surface area contributed by atoms with Gasteiger partial charge in [-0.2, -0.15) is 0 Å². The minimum absolute atomic E-state index is 0.0239. The zero-order valence-corrected chi connectivity index (χ0v) is 16.2. The van der Waals surface area contributed by atoms with Gasteiger partial charge in [0, 0.05) is 43.7 Å². The Balaban J connectivity index is 1.51. The molecule has 2 aliphatic heterocycles. The highest BCUT2D eigenvalue weighted by atomic mass is 19.1. The number of piperazine rings is 1. The molecule has 148 valence electrons. The van der Waals surface area contributed by atoms with E-state index in [1.165, 1.54) is 12.1 Å². The molecule has 27 heavy (non-hydrogen) atoms. The predicted molar refractivity (Wildman–Crippen MR) is 103 cm³/mol. The van der Waals surface area contributed by atoms with Gasteiger partial charge in [-0.05, 0) is 58.2 Å². The van der Waals surface area contributed by atoms with E-state index in [1.54, 1.807) is 12.1 Å². The molecule has 2 amide bonds. The minimum Gasteiger partial charge on any atom is -0.340 e. The maximum Gasteiger partial charge on any atom is 0.224 e. The van der Waals surface area contributed by atoms with E-state index >= 15 is 0 Å². The number of hydrogen-bond donors (Lipinski definition) is 1. The van der Waals surface area contributed by atoms with Crippen molar-refractivity contribution >= 4 is 17.5 Å². The molecule has 1 aromatic carbocycles. The Morgan fingerprint density at radius 1 is 1.11 bits per heavy atom. The normalized spacial score (nSPS) is 20.6. The average molecular weight is 376 g/mol. The molecule has 1 spiro atoms. The summed E-state index contributed by atoms with van der Waals surface area (Å²) in [4.78, 5) is 31.4. The molecule has 0 aliphatic carbocycles. The maximum atomic E-state index is 13.2. The number of hydrogen-bond acceptors (Lipinski definition) is 4. The molecule has 0 radical (unpaired) electrons. The van der Waals surface area contributed by atoms with Crippen LogP contribution in [0, 0.1) is 5.82 Å². The van der Waals surface area contributed by atoms with Crippen LogP contribution in [0.1, 0.15) is 25.7 Å². The van der Waals surface area contributed by atoms with Crippen LogP contribution in [0.3, 0.4) is 0 Å². The number of carbonyl (C=O) groups is 2. The molecular weight excluding hydrogens is 347 g/mol. The van der Waals surface area contributed by atoms with E-state index in [0.717, 1.165) is 39.0 Å². The zero-order valence-electron chi connectivity index (χ0n) is 16.2. The zero-order chi connectivity index (χ0) is 19.4. The third kappa shape index (κ3) is 4.84. The molecule has 6 nitrogen and oxygen atoms in total. The lowest BCUT2D eigenvalue weighted by atomic mass is 9.84. The summed E-state index contributed by atoms with van der Waals surface area (Å²) in [6.45, 7) is 4.40. The van der Waals surface area contributed by atoms with Gasteiger partial charge in [-0.1, -0.05) is 6.07 Å². The molecule has 0 aromatic heterocycles. The first-order valence-electron chi connectivity index (χ1n) is 9.61. The van der Waals surface area contributed by atoms with Crippen LogP contribution >= 0.6 is 0 Å². The molecule has 1 N–H and O–H groups in total. The van der Waals surface area contributed by atoms with E-state index in [4.69, 9.17) is 0 Å². The van der Waals surface area contributed by atoms with Crippen molar-refractivity contribution in [1.29, 1.82) is 0 Å². The molecule has 0 saturated carbocycles. The highest BCUT2D eigenvalue weighted by Crippen LogP contribution is 2.31. The van der Waals surface area contributed by atoms with Crippen molar-refractivity contribution in [3.05, 3.63) is 30.1 Å². The van der Waals surface area contributed by atoms with Crippen LogP contribution in [0.5, 0.6) is 0 Å². The number of carbonyl (C=O) groups excluding carboxylic acids is 2. The smallest absolute Gasteiger partial charge is 0.224 e. The van der Waals surface area contributed by atoms with Crippen LogP contribution in [0.25, 0.3) is 0 Å². The first-order chi connectivity index (χ1) is 12.9.